The van der Waals surface area contributed by atoms with Crippen LogP contribution in [0.3, 0.4) is 0 Å². The average Bonchev–Trinajstić information content (AvgIpc) is 3.25. The van der Waals surface area contributed by atoms with E-state index in [9.17, 15) is 34.5 Å². The molecule has 1 aromatic heterocycles. The number of thioether (sulfide) groups is 1. The van der Waals surface area contributed by atoms with Crippen LogP contribution >= 0.6 is 11.8 Å². The van der Waals surface area contributed by atoms with Crippen molar-refractivity contribution >= 4 is 65.1 Å². The third-order valence-electron chi connectivity index (χ3n) is 5.64. The number of carboxylic acids is 2. The summed E-state index contributed by atoms with van der Waals surface area (Å²) in [5.41, 5.74) is -2.17. The van der Waals surface area contributed by atoms with Crippen molar-refractivity contribution < 1.29 is 44.0 Å². The zero-order valence-corrected chi connectivity index (χ0v) is 22.6. The van der Waals surface area contributed by atoms with Crippen molar-refractivity contribution in [1.82, 2.24) is 30.4 Å². The number of carbonyl (C=O) groups is 4. The van der Waals surface area contributed by atoms with Gasteiger partial charge in [0.25, 0.3) is 11.6 Å². The van der Waals surface area contributed by atoms with E-state index in [4.69, 9.17) is 9.47 Å². The topological polar surface area (TPSA) is 206 Å². The number of aromatic nitrogens is 4. The van der Waals surface area contributed by atoms with Gasteiger partial charge in [0.15, 0.2) is 12.1 Å². The number of nitrogens with zero attached hydrogens (tertiary/aromatic N) is 5. The van der Waals surface area contributed by atoms with Crippen molar-refractivity contribution in [2.24, 2.45) is 7.05 Å². The number of rotatable bonds is 9. The van der Waals surface area contributed by atoms with Crippen LogP contribution in [-0.4, -0.2) is 125 Å². The molecule has 1 radical (unpaired) electrons. The number of phenols is 1. The Kier molecular flexibility index (Phi) is 8.61. The summed E-state index contributed by atoms with van der Waals surface area (Å²) < 4.78 is 12.4. The Morgan fingerprint density at radius 1 is 1.30 bits per heavy atom. The van der Waals surface area contributed by atoms with Gasteiger partial charge in [-0.15, -0.1) is 5.10 Å². The van der Waals surface area contributed by atoms with Gasteiger partial charge in [0, 0.05) is 49.5 Å². The number of aryl methyl sites for hydroxylation is 1. The minimum atomic E-state index is -2.14. The van der Waals surface area contributed by atoms with Crippen LogP contribution in [-0.2, 0) is 35.7 Å². The van der Waals surface area contributed by atoms with Gasteiger partial charge in [0.2, 0.25) is 11.1 Å². The number of aromatic hydroxyl groups is 1. The molecule has 2 aromatic rings. The summed E-state index contributed by atoms with van der Waals surface area (Å²) >= 11 is 1.14. The summed E-state index contributed by atoms with van der Waals surface area (Å²) in [6, 6.07) is 4.93. The number of benzene rings is 1. The molecule has 2 aliphatic heterocycles. The smallest absolute Gasteiger partial charge is 0.352 e. The second kappa shape index (κ2) is 11.2. The Labute approximate surface area is 235 Å². The number of methoxy groups -OCH3 is 1. The summed E-state index contributed by atoms with van der Waals surface area (Å²) in [6.07, 6.45) is -1.36. The predicted octanol–water partition coefficient (Wildman–Crippen LogP) is -1.51. The summed E-state index contributed by atoms with van der Waals surface area (Å²) in [5.74, 6) is -6.73. The summed E-state index contributed by atoms with van der Waals surface area (Å²) in [5, 5.41) is 42.6. The van der Waals surface area contributed by atoms with Crippen LogP contribution in [0, 0.1) is 0 Å². The largest absolute Gasteiger partial charge is 0.508 e. The van der Waals surface area contributed by atoms with Crippen LogP contribution < -0.4 is 5.32 Å². The van der Waals surface area contributed by atoms with E-state index in [0.717, 1.165) is 23.8 Å². The van der Waals surface area contributed by atoms with Crippen LogP contribution in [0.2, 0.25) is 0 Å². The maximum absolute atomic E-state index is 13.2. The number of phenolic OH excluding ortho intramolecular Hbond substituents is 1. The molecule has 0 spiro atoms. The number of β-lactam (4-membered cyclic amide) rings is 1. The minimum absolute atomic E-state index is 0. The van der Waals surface area contributed by atoms with Crippen LogP contribution in [0.15, 0.2) is 40.7 Å². The Hall–Kier alpha value is -3.02. The van der Waals surface area contributed by atoms with Gasteiger partial charge >= 0.3 is 11.9 Å². The van der Waals surface area contributed by atoms with Gasteiger partial charge in [-0.3, -0.25) is 19.3 Å². The molecular formula is C20H20N6NaO9S. The van der Waals surface area contributed by atoms with E-state index in [-0.39, 0.29) is 64.5 Å². The molecule has 191 valence electrons. The van der Waals surface area contributed by atoms with Crippen molar-refractivity contribution in [3.63, 3.8) is 0 Å². The normalized spacial score (nSPS) is 21.4. The molecule has 1 saturated heterocycles. The number of carbonyl (C=O) groups excluding carboxylic acids is 2. The van der Waals surface area contributed by atoms with Crippen molar-refractivity contribution in [3.05, 3.63) is 41.1 Å². The fourth-order valence-corrected chi connectivity index (χ4v) is 4.72. The van der Waals surface area contributed by atoms with E-state index in [2.05, 4.69) is 20.8 Å². The number of carboxylic acid groups (broad SMARTS) is 2. The number of nitrogens with one attached hydrogen (secondary N) is 1. The molecule has 3 heterocycles. The van der Waals surface area contributed by atoms with Gasteiger partial charge in [0.05, 0.1) is 6.61 Å². The Bertz CT molecular complexity index is 1270. The molecule has 37 heavy (non-hydrogen) atoms. The fraction of sp³-hybridized carbons (Fsp3) is 0.350. The van der Waals surface area contributed by atoms with Crippen LogP contribution in [0.5, 0.6) is 5.75 Å². The third kappa shape index (κ3) is 5.07. The maximum Gasteiger partial charge on any atom is 0.352 e. The SMILES string of the molecule is CO[C@@]1(NC(=O)[C@H](C(=O)O)c2ccc(O)cc2)C(=O)N2C(C(=O)O)=C(CSc3nnnn3C)CO[C@@H]21.[Na]. The molecule has 0 bridgehead atoms. The van der Waals surface area contributed by atoms with Crippen molar-refractivity contribution in [2.45, 2.75) is 23.0 Å². The molecule has 0 saturated carbocycles. The van der Waals surface area contributed by atoms with Gasteiger partial charge in [-0.2, -0.15) is 0 Å². The molecule has 15 nitrogen and oxygen atoms in total. The molecule has 4 N–H and O–H groups in total. The quantitative estimate of drug-likeness (QED) is 0.0934. The van der Waals surface area contributed by atoms with Gasteiger partial charge in [-0.25, -0.2) is 9.48 Å². The number of fused-ring (bicyclic) bond motifs is 1. The van der Waals surface area contributed by atoms with Crippen molar-refractivity contribution in [3.8, 4) is 5.75 Å². The van der Waals surface area contributed by atoms with E-state index in [1.807, 2.05) is 0 Å². The molecule has 0 unspecified atom stereocenters. The number of hydrogen-bond donors (Lipinski definition) is 4. The van der Waals surface area contributed by atoms with Crippen molar-refractivity contribution in [1.29, 1.82) is 0 Å². The van der Waals surface area contributed by atoms with Crippen LogP contribution in [0.25, 0.3) is 0 Å². The Morgan fingerprint density at radius 3 is 2.51 bits per heavy atom. The standard InChI is InChI=1S/C20H20N6O9S.Na/c1-25-19(22-23-24-25)36-8-10-7-35-18-20(34-2,17(33)26(18)13(10)16(31)32)21-14(28)12(15(29)30)9-3-5-11(27)6-4-9;/h3-6,12,18,27H,7-8H2,1-2H3,(H,21,28)(H,29,30)(H,31,32);/t12-,18-,20+;/m1./s1. The minimum Gasteiger partial charge on any atom is -0.508 e. The fourth-order valence-electron chi connectivity index (χ4n) is 3.88. The number of ether oxygens (including phenoxy) is 2. The molecule has 0 aliphatic carbocycles. The Morgan fingerprint density at radius 2 is 1.97 bits per heavy atom. The molecule has 2 amide bonds. The van der Waals surface area contributed by atoms with Gasteiger partial charge in [0.1, 0.15) is 11.4 Å². The molecule has 17 heteroatoms. The second-order valence-electron chi connectivity index (χ2n) is 7.76. The molecule has 1 fully saturated rings. The van der Waals surface area contributed by atoms with Gasteiger partial charge in [-0.1, -0.05) is 23.9 Å². The predicted molar refractivity (Wildman–Crippen MR) is 123 cm³/mol. The van der Waals surface area contributed by atoms with Crippen LogP contribution in [0.4, 0.5) is 0 Å². The summed E-state index contributed by atoms with van der Waals surface area (Å²) in [4.78, 5) is 51.0. The van der Waals surface area contributed by atoms with E-state index >= 15 is 0 Å². The van der Waals surface area contributed by atoms with E-state index in [1.54, 1.807) is 7.05 Å². The first-order valence-electron chi connectivity index (χ1n) is 10.2. The summed E-state index contributed by atoms with van der Waals surface area (Å²) in [6.45, 7) is -0.213. The first-order chi connectivity index (χ1) is 17.1. The average molecular weight is 543 g/mol. The summed E-state index contributed by atoms with van der Waals surface area (Å²) in [7, 11) is 2.71. The zero-order chi connectivity index (χ0) is 26.2. The number of hydrogen-bond acceptors (Lipinski definition) is 11. The third-order valence-corrected chi connectivity index (χ3v) is 6.73. The monoisotopic (exact) mass is 543 g/mol. The van der Waals surface area contributed by atoms with Gasteiger partial charge < -0.3 is 30.1 Å². The molecule has 3 atom stereocenters. The molecular weight excluding hydrogens is 523 g/mol. The number of aliphatic carboxylic acids is 2. The van der Waals surface area contributed by atoms with Crippen LogP contribution in [0.1, 0.15) is 11.5 Å². The maximum atomic E-state index is 13.2. The first-order valence-corrected chi connectivity index (χ1v) is 11.2. The number of tetrazole rings is 1. The van der Waals surface area contributed by atoms with E-state index in [1.165, 1.54) is 28.9 Å². The number of amides is 2. The molecule has 4 rings (SSSR count). The molecule has 1 aromatic carbocycles. The van der Waals surface area contributed by atoms with Crippen molar-refractivity contribution in [2.75, 3.05) is 19.5 Å². The Balaban J connectivity index is 0.00000380. The van der Waals surface area contributed by atoms with Gasteiger partial charge in [-0.05, 0) is 33.7 Å². The zero-order valence-electron chi connectivity index (χ0n) is 19.8. The first kappa shape index (κ1) is 28.5. The van der Waals surface area contributed by atoms with E-state index < -0.39 is 41.6 Å². The second-order valence-corrected chi connectivity index (χ2v) is 8.70. The van der Waals surface area contributed by atoms with E-state index in [0.29, 0.717) is 5.16 Å². The molecule has 2 aliphatic rings.